The zero-order valence-electron chi connectivity index (χ0n) is 12.2. The Kier molecular flexibility index (Phi) is 5.78. The van der Waals surface area contributed by atoms with E-state index in [4.69, 9.17) is 5.73 Å². The summed E-state index contributed by atoms with van der Waals surface area (Å²) in [6.45, 7) is 1.72. The molecule has 0 aromatic heterocycles. The Bertz CT molecular complexity index is 481. The van der Waals surface area contributed by atoms with E-state index in [1.54, 1.807) is 0 Å². The summed E-state index contributed by atoms with van der Waals surface area (Å²) in [5.41, 5.74) is 8.66. The minimum Gasteiger partial charge on any atom is -0.329 e. The summed E-state index contributed by atoms with van der Waals surface area (Å²) in [7, 11) is 2.16. The first-order valence-corrected chi connectivity index (χ1v) is 7.30. The molecule has 0 saturated heterocycles. The fourth-order valence-electron chi connectivity index (χ4n) is 2.58. The van der Waals surface area contributed by atoms with Crippen molar-refractivity contribution in [2.75, 3.05) is 20.1 Å². The minimum atomic E-state index is 0.312. The first-order chi connectivity index (χ1) is 9.81. The van der Waals surface area contributed by atoms with E-state index < -0.39 is 0 Å². The molecule has 1 atom stereocenters. The van der Waals surface area contributed by atoms with Gasteiger partial charge in [0.15, 0.2) is 0 Å². The summed E-state index contributed by atoms with van der Waals surface area (Å²) in [4.78, 5) is 2.36. The third kappa shape index (κ3) is 4.19. The van der Waals surface area contributed by atoms with Crippen LogP contribution in [0.3, 0.4) is 0 Å². The van der Waals surface area contributed by atoms with Gasteiger partial charge in [-0.1, -0.05) is 60.7 Å². The summed E-state index contributed by atoms with van der Waals surface area (Å²) in [6, 6.07) is 21.5. The molecule has 106 valence electrons. The maximum atomic E-state index is 5.95. The van der Waals surface area contributed by atoms with Crippen LogP contribution in [0.1, 0.15) is 23.6 Å². The standard InChI is InChI=1S/C18H24N2/c1-20(14-8-11-16-9-4-2-5-10-16)18(15-19)17-12-6-3-7-13-17/h2-7,9-10,12-13,18H,8,11,14-15,19H2,1H3. The first kappa shape index (κ1) is 14.8. The summed E-state index contributed by atoms with van der Waals surface area (Å²) in [5.74, 6) is 0. The van der Waals surface area contributed by atoms with Crippen molar-refractivity contribution in [3.63, 3.8) is 0 Å². The summed E-state index contributed by atoms with van der Waals surface area (Å²) in [6.07, 6.45) is 2.28. The highest BCUT2D eigenvalue weighted by molar-refractivity contribution is 5.19. The molecule has 2 aromatic carbocycles. The fraction of sp³-hybridized carbons (Fsp3) is 0.333. The lowest BCUT2D eigenvalue weighted by Gasteiger charge is -2.27. The lowest BCUT2D eigenvalue weighted by atomic mass is 10.0. The zero-order chi connectivity index (χ0) is 14.2. The molecule has 0 amide bonds. The molecule has 20 heavy (non-hydrogen) atoms. The van der Waals surface area contributed by atoms with Crippen molar-refractivity contribution in [3.05, 3.63) is 71.8 Å². The molecule has 2 nitrogen and oxygen atoms in total. The quantitative estimate of drug-likeness (QED) is 0.835. The molecule has 0 aliphatic rings. The third-order valence-corrected chi connectivity index (χ3v) is 3.76. The highest BCUT2D eigenvalue weighted by Gasteiger charge is 2.14. The van der Waals surface area contributed by atoms with Gasteiger partial charge in [0.1, 0.15) is 0 Å². The van der Waals surface area contributed by atoms with Gasteiger partial charge in [-0.25, -0.2) is 0 Å². The van der Waals surface area contributed by atoms with Crippen LogP contribution in [0.25, 0.3) is 0 Å². The van der Waals surface area contributed by atoms with Crippen LogP contribution < -0.4 is 5.73 Å². The highest BCUT2D eigenvalue weighted by Crippen LogP contribution is 2.18. The van der Waals surface area contributed by atoms with Crippen LogP contribution >= 0.6 is 0 Å². The van der Waals surface area contributed by atoms with E-state index in [0.717, 1.165) is 19.4 Å². The predicted octanol–water partition coefficient (Wildman–Crippen LogP) is 3.25. The second-order valence-corrected chi connectivity index (χ2v) is 5.23. The molecule has 2 heteroatoms. The van der Waals surface area contributed by atoms with Gasteiger partial charge in [0.05, 0.1) is 0 Å². The monoisotopic (exact) mass is 268 g/mol. The Balaban J connectivity index is 1.85. The number of hydrogen-bond acceptors (Lipinski definition) is 2. The number of nitrogens with zero attached hydrogens (tertiary/aromatic N) is 1. The van der Waals surface area contributed by atoms with Crippen LogP contribution in [0.15, 0.2) is 60.7 Å². The molecule has 2 aromatic rings. The van der Waals surface area contributed by atoms with Crippen LogP contribution in [0.5, 0.6) is 0 Å². The van der Waals surface area contributed by atoms with Gasteiger partial charge in [-0.2, -0.15) is 0 Å². The molecule has 0 heterocycles. The van der Waals surface area contributed by atoms with Crippen LogP contribution in [-0.2, 0) is 6.42 Å². The van der Waals surface area contributed by atoms with Crippen molar-refractivity contribution in [2.24, 2.45) is 5.73 Å². The zero-order valence-corrected chi connectivity index (χ0v) is 12.2. The average molecular weight is 268 g/mol. The third-order valence-electron chi connectivity index (χ3n) is 3.76. The lowest BCUT2D eigenvalue weighted by Crippen LogP contribution is -2.31. The number of benzene rings is 2. The van der Waals surface area contributed by atoms with Crippen LogP contribution in [0, 0.1) is 0 Å². The number of nitrogens with two attached hydrogens (primary N) is 1. The van der Waals surface area contributed by atoms with Gasteiger partial charge in [-0.15, -0.1) is 0 Å². The Morgan fingerprint density at radius 3 is 2.15 bits per heavy atom. The number of rotatable bonds is 7. The van der Waals surface area contributed by atoms with E-state index in [2.05, 4.69) is 66.5 Å². The van der Waals surface area contributed by atoms with Crippen molar-refractivity contribution < 1.29 is 0 Å². The van der Waals surface area contributed by atoms with E-state index in [0.29, 0.717) is 12.6 Å². The molecule has 2 N–H and O–H groups in total. The minimum absolute atomic E-state index is 0.312. The van der Waals surface area contributed by atoms with Gasteiger partial charge < -0.3 is 5.73 Å². The Labute approximate surface area is 122 Å². The van der Waals surface area contributed by atoms with Gasteiger partial charge >= 0.3 is 0 Å². The van der Waals surface area contributed by atoms with E-state index in [-0.39, 0.29) is 0 Å². The molecule has 0 fully saturated rings. The topological polar surface area (TPSA) is 29.3 Å². The van der Waals surface area contributed by atoms with Crippen molar-refractivity contribution in [3.8, 4) is 0 Å². The maximum Gasteiger partial charge on any atom is 0.0467 e. The maximum absolute atomic E-state index is 5.95. The van der Waals surface area contributed by atoms with E-state index >= 15 is 0 Å². The molecule has 0 aliphatic heterocycles. The van der Waals surface area contributed by atoms with Crippen molar-refractivity contribution in [1.29, 1.82) is 0 Å². The number of aryl methyl sites for hydroxylation is 1. The van der Waals surface area contributed by atoms with E-state index in [1.165, 1.54) is 11.1 Å². The van der Waals surface area contributed by atoms with E-state index in [9.17, 15) is 0 Å². The fourth-order valence-corrected chi connectivity index (χ4v) is 2.58. The molecular weight excluding hydrogens is 244 g/mol. The normalized spacial score (nSPS) is 12.6. The first-order valence-electron chi connectivity index (χ1n) is 7.30. The van der Waals surface area contributed by atoms with Gasteiger partial charge in [0.25, 0.3) is 0 Å². The molecule has 0 spiro atoms. The Hall–Kier alpha value is -1.64. The van der Waals surface area contributed by atoms with Crippen molar-refractivity contribution >= 4 is 0 Å². The molecule has 2 rings (SSSR count). The lowest BCUT2D eigenvalue weighted by molar-refractivity contribution is 0.247. The van der Waals surface area contributed by atoms with Gasteiger partial charge in [-0.05, 0) is 37.6 Å². The van der Waals surface area contributed by atoms with Crippen LogP contribution in [0.4, 0.5) is 0 Å². The molecule has 1 unspecified atom stereocenters. The molecular formula is C18H24N2. The van der Waals surface area contributed by atoms with E-state index in [1.807, 2.05) is 6.07 Å². The number of hydrogen-bond donors (Lipinski definition) is 1. The predicted molar refractivity (Wildman–Crippen MR) is 85.6 cm³/mol. The second-order valence-electron chi connectivity index (χ2n) is 5.23. The molecule has 0 aliphatic carbocycles. The molecule has 0 radical (unpaired) electrons. The highest BCUT2D eigenvalue weighted by atomic mass is 15.1. The van der Waals surface area contributed by atoms with Gasteiger partial charge in [0, 0.05) is 12.6 Å². The van der Waals surface area contributed by atoms with Crippen LogP contribution in [0.2, 0.25) is 0 Å². The average Bonchev–Trinajstić information content (AvgIpc) is 2.50. The summed E-state index contributed by atoms with van der Waals surface area (Å²) >= 11 is 0. The molecule has 0 saturated carbocycles. The molecule has 0 bridgehead atoms. The summed E-state index contributed by atoms with van der Waals surface area (Å²) in [5, 5.41) is 0. The smallest absolute Gasteiger partial charge is 0.0467 e. The number of likely N-dealkylation sites (N-methyl/N-ethyl adjacent to an activating group) is 1. The van der Waals surface area contributed by atoms with Crippen molar-refractivity contribution in [1.82, 2.24) is 4.90 Å². The SMILES string of the molecule is CN(CCCc1ccccc1)C(CN)c1ccccc1. The summed E-state index contributed by atoms with van der Waals surface area (Å²) < 4.78 is 0. The largest absolute Gasteiger partial charge is 0.329 e. The van der Waals surface area contributed by atoms with Gasteiger partial charge in [0.2, 0.25) is 0 Å². The van der Waals surface area contributed by atoms with Crippen molar-refractivity contribution in [2.45, 2.75) is 18.9 Å². The Morgan fingerprint density at radius 2 is 1.55 bits per heavy atom. The Morgan fingerprint density at radius 1 is 0.950 bits per heavy atom. The van der Waals surface area contributed by atoms with Gasteiger partial charge in [-0.3, -0.25) is 4.90 Å². The van der Waals surface area contributed by atoms with Crippen LogP contribution in [-0.4, -0.2) is 25.0 Å². The second kappa shape index (κ2) is 7.83.